The Morgan fingerprint density at radius 2 is 1.81 bits per heavy atom. The molecule has 0 aliphatic rings. The zero-order valence-corrected chi connectivity index (χ0v) is 11.9. The number of anilines is 1. The third-order valence-electron chi connectivity index (χ3n) is 2.43. The van der Waals surface area contributed by atoms with Gasteiger partial charge >= 0.3 is 11.5 Å². The van der Waals surface area contributed by atoms with Crippen molar-refractivity contribution in [2.45, 2.75) is 23.7 Å². The fraction of sp³-hybridized carbons (Fsp3) is 0.417. The smallest absolute Gasteiger partial charge is 0.466 e. The number of carbonyl (C=O) groups is 1. The van der Waals surface area contributed by atoms with Crippen molar-refractivity contribution in [1.82, 2.24) is 0 Å². The summed E-state index contributed by atoms with van der Waals surface area (Å²) in [7, 11) is -5.34. The zero-order valence-electron chi connectivity index (χ0n) is 11.1. The highest BCUT2D eigenvalue weighted by Crippen LogP contribution is 2.30. The molecule has 1 aromatic rings. The minimum Gasteiger partial charge on any atom is -0.466 e. The lowest BCUT2D eigenvalue weighted by Crippen LogP contribution is -2.23. The molecule has 1 N–H and O–H groups in total. The number of carbonyl (C=O) groups excluding carboxylic acids is 1. The van der Waals surface area contributed by atoms with Crippen LogP contribution in [0.25, 0.3) is 0 Å². The van der Waals surface area contributed by atoms with E-state index in [1.165, 1.54) is 12.1 Å². The second kappa shape index (κ2) is 6.79. The van der Waals surface area contributed by atoms with Crippen molar-refractivity contribution in [3.05, 3.63) is 24.3 Å². The number of hydrogen-bond donors (Lipinski definition) is 1. The van der Waals surface area contributed by atoms with Crippen LogP contribution >= 0.6 is 0 Å². The van der Waals surface area contributed by atoms with Crippen molar-refractivity contribution < 1.29 is 31.1 Å². The number of esters is 1. The van der Waals surface area contributed by atoms with Crippen molar-refractivity contribution in [3.8, 4) is 0 Å². The van der Waals surface area contributed by atoms with Crippen LogP contribution in [-0.2, 0) is 19.4 Å². The van der Waals surface area contributed by atoms with Gasteiger partial charge in [0, 0.05) is 12.2 Å². The molecule has 21 heavy (non-hydrogen) atoms. The molecule has 0 atom stereocenters. The predicted octanol–water partition coefficient (Wildman–Crippen LogP) is 2.35. The molecular formula is C12H14F3NO4S. The molecule has 0 amide bonds. The SMILES string of the molecule is CCOC(=O)CCNc1ccc(S(=O)(=O)C(F)(F)F)cc1. The number of ether oxygens (including phenoxy) is 1. The number of halogens is 3. The highest BCUT2D eigenvalue weighted by molar-refractivity contribution is 7.92. The predicted molar refractivity (Wildman–Crippen MR) is 69.4 cm³/mol. The molecule has 0 aliphatic carbocycles. The highest BCUT2D eigenvalue weighted by atomic mass is 32.2. The normalized spacial score (nSPS) is 12.0. The molecule has 0 fully saturated rings. The second-order valence-corrected chi connectivity index (χ2v) is 5.90. The van der Waals surface area contributed by atoms with E-state index in [0.29, 0.717) is 5.69 Å². The van der Waals surface area contributed by atoms with Gasteiger partial charge in [-0.2, -0.15) is 13.2 Å². The molecule has 0 radical (unpaired) electrons. The summed E-state index contributed by atoms with van der Waals surface area (Å²) in [5, 5.41) is 2.77. The average molecular weight is 325 g/mol. The summed E-state index contributed by atoms with van der Waals surface area (Å²) in [6, 6.07) is 4.11. The molecule has 0 aliphatic heterocycles. The lowest BCUT2D eigenvalue weighted by molar-refractivity contribution is -0.142. The van der Waals surface area contributed by atoms with Gasteiger partial charge in [-0.3, -0.25) is 4.79 Å². The van der Waals surface area contributed by atoms with Crippen molar-refractivity contribution >= 4 is 21.5 Å². The molecule has 0 saturated heterocycles. The molecule has 1 aromatic carbocycles. The largest absolute Gasteiger partial charge is 0.501 e. The van der Waals surface area contributed by atoms with Crippen LogP contribution in [0.3, 0.4) is 0 Å². The molecule has 0 bridgehead atoms. The summed E-state index contributed by atoms with van der Waals surface area (Å²) in [5.74, 6) is -0.402. The molecule has 0 spiro atoms. The number of nitrogens with one attached hydrogen (secondary N) is 1. The number of sulfone groups is 1. The number of hydrogen-bond acceptors (Lipinski definition) is 5. The first kappa shape index (κ1) is 17.3. The van der Waals surface area contributed by atoms with Crippen LogP contribution in [-0.4, -0.2) is 33.0 Å². The summed E-state index contributed by atoms with van der Waals surface area (Å²) < 4.78 is 64.0. The number of rotatable bonds is 6. The molecule has 0 aromatic heterocycles. The summed E-state index contributed by atoms with van der Waals surface area (Å²) in [6.07, 6.45) is 0.0937. The Kier molecular flexibility index (Phi) is 5.59. The number of benzene rings is 1. The van der Waals surface area contributed by atoms with E-state index < -0.39 is 26.2 Å². The van der Waals surface area contributed by atoms with E-state index in [1.807, 2.05) is 0 Å². The molecule has 0 heterocycles. The molecule has 0 unspecified atom stereocenters. The quantitative estimate of drug-likeness (QED) is 0.813. The average Bonchev–Trinajstić information content (AvgIpc) is 2.38. The molecule has 9 heteroatoms. The summed E-state index contributed by atoms with van der Waals surface area (Å²) in [4.78, 5) is 10.2. The van der Waals surface area contributed by atoms with E-state index in [2.05, 4.69) is 5.32 Å². The molecule has 5 nitrogen and oxygen atoms in total. The van der Waals surface area contributed by atoms with Crippen LogP contribution in [0.4, 0.5) is 18.9 Å². The lowest BCUT2D eigenvalue weighted by atomic mass is 10.3. The van der Waals surface area contributed by atoms with Crippen LogP contribution in [0.1, 0.15) is 13.3 Å². The number of alkyl halides is 3. The van der Waals surface area contributed by atoms with Gasteiger partial charge in [0.05, 0.1) is 17.9 Å². The summed E-state index contributed by atoms with van der Waals surface area (Å²) >= 11 is 0. The summed E-state index contributed by atoms with van der Waals surface area (Å²) in [5.41, 5.74) is -4.92. The van der Waals surface area contributed by atoms with Crippen molar-refractivity contribution in [2.24, 2.45) is 0 Å². The third-order valence-corrected chi connectivity index (χ3v) is 3.94. The fourth-order valence-electron chi connectivity index (χ4n) is 1.43. The van der Waals surface area contributed by atoms with Gasteiger partial charge in [-0.05, 0) is 31.2 Å². The topological polar surface area (TPSA) is 72.5 Å². The third kappa shape index (κ3) is 4.62. The van der Waals surface area contributed by atoms with Gasteiger partial charge in [0.1, 0.15) is 0 Å². The van der Waals surface area contributed by atoms with E-state index in [1.54, 1.807) is 6.92 Å². The van der Waals surface area contributed by atoms with E-state index in [9.17, 15) is 26.4 Å². The Morgan fingerprint density at radius 3 is 2.29 bits per heavy atom. The van der Waals surface area contributed by atoms with E-state index >= 15 is 0 Å². The molecule has 118 valence electrons. The van der Waals surface area contributed by atoms with E-state index in [-0.39, 0.29) is 19.6 Å². The highest BCUT2D eigenvalue weighted by Gasteiger charge is 2.46. The second-order valence-electron chi connectivity index (χ2n) is 3.96. The maximum absolute atomic E-state index is 12.3. The Morgan fingerprint density at radius 1 is 1.24 bits per heavy atom. The van der Waals surface area contributed by atoms with E-state index in [4.69, 9.17) is 4.74 Å². The maximum Gasteiger partial charge on any atom is 0.501 e. The first-order chi connectivity index (χ1) is 9.68. The van der Waals surface area contributed by atoms with Gasteiger partial charge in [-0.15, -0.1) is 0 Å². The monoisotopic (exact) mass is 325 g/mol. The Balaban J connectivity index is 2.65. The van der Waals surface area contributed by atoms with Crippen LogP contribution in [0.5, 0.6) is 0 Å². The van der Waals surface area contributed by atoms with Gasteiger partial charge in [0.15, 0.2) is 0 Å². The van der Waals surface area contributed by atoms with Crippen LogP contribution in [0.15, 0.2) is 29.2 Å². The van der Waals surface area contributed by atoms with Crippen molar-refractivity contribution in [1.29, 1.82) is 0 Å². The van der Waals surface area contributed by atoms with Gasteiger partial charge in [-0.25, -0.2) is 8.42 Å². The van der Waals surface area contributed by atoms with Crippen molar-refractivity contribution in [3.63, 3.8) is 0 Å². The Labute approximate surface area is 120 Å². The first-order valence-corrected chi connectivity index (χ1v) is 7.47. The maximum atomic E-state index is 12.3. The fourth-order valence-corrected chi connectivity index (χ4v) is 2.19. The van der Waals surface area contributed by atoms with Gasteiger partial charge in [-0.1, -0.05) is 0 Å². The van der Waals surface area contributed by atoms with Gasteiger partial charge < -0.3 is 10.1 Å². The summed E-state index contributed by atoms with van der Waals surface area (Å²) in [6.45, 7) is 2.16. The standard InChI is InChI=1S/C12H14F3NO4S/c1-2-20-11(17)7-8-16-9-3-5-10(6-4-9)21(18,19)12(13,14)15/h3-6,16H,2,7-8H2,1H3. The minimum absolute atomic E-state index is 0.0937. The zero-order chi connectivity index (χ0) is 16.1. The lowest BCUT2D eigenvalue weighted by Gasteiger charge is -2.09. The van der Waals surface area contributed by atoms with Gasteiger partial charge in [0.2, 0.25) is 0 Å². The Bertz CT molecular complexity index is 582. The Hall–Kier alpha value is -1.77. The van der Waals surface area contributed by atoms with E-state index in [0.717, 1.165) is 12.1 Å². The van der Waals surface area contributed by atoms with Crippen molar-refractivity contribution in [2.75, 3.05) is 18.5 Å². The van der Waals surface area contributed by atoms with Crippen LogP contribution in [0, 0.1) is 0 Å². The molecule has 1 rings (SSSR count). The van der Waals surface area contributed by atoms with Crippen LogP contribution in [0.2, 0.25) is 0 Å². The molecule has 0 saturated carbocycles. The van der Waals surface area contributed by atoms with Crippen LogP contribution < -0.4 is 5.32 Å². The molecular weight excluding hydrogens is 311 g/mol. The minimum atomic E-state index is -5.34. The first-order valence-electron chi connectivity index (χ1n) is 5.99. The van der Waals surface area contributed by atoms with Gasteiger partial charge in [0.25, 0.3) is 9.84 Å².